The van der Waals surface area contributed by atoms with Gasteiger partial charge in [-0.3, -0.25) is 0 Å². The van der Waals surface area contributed by atoms with E-state index in [1.165, 1.54) is 6.21 Å². The van der Waals surface area contributed by atoms with E-state index in [2.05, 4.69) is 5.16 Å². The van der Waals surface area contributed by atoms with Crippen LogP contribution in [0.1, 0.15) is 13.8 Å². The summed E-state index contributed by atoms with van der Waals surface area (Å²) in [5.74, 6) is 0. The normalized spacial score (nSPS) is 14.4. The fourth-order valence-corrected chi connectivity index (χ4v) is 0.224. The SMILES string of the molecule is C/C(Cl)=C(C)/C=N/O. The lowest BCUT2D eigenvalue weighted by atomic mass is 10.3. The highest BCUT2D eigenvalue weighted by Gasteiger charge is 1.85. The van der Waals surface area contributed by atoms with E-state index in [0.717, 1.165) is 5.57 Å². The Bertz CT molecular complexity index is 124. The number of oxime groups is 1. The van der Waals surface area contributed by atoms with Crippen LogP contribution in [0.4, 0.5) is 0 Å². The minimum Gasteiger partial charge on any atom is -0.411 e. The topological polar surface area (TPSA) is 32.6 Å². The summed E-state index contributed by atoms with van der Waals surface area (Å²) < 4.78 is 0. The lowest BCUT2D eigenvalue weighted by molar-refractivity contribution is 0.321. The summed E-state index contributed by atoms with van der Waals surface area (Å²) in [4.78, 5) is 0. The van der Waals surface area contributed by atoms with E-state index in [9.17, 15) is 0 Å². The fourth-order valence-electron chi connectivity index (χ4n) is 0.176. The van der Waals surface area contributed by atoms with Gasteiger partial charge in [-0.2, -0.15) is 0 Å². The molecule has 0 aromatic heterocycles. The molecule has 0 atom stereocenters. The van der Waals surface area contributed by atoms with Crippen molar-refractivity contribution >= 4 is 17.8 Å². The molecule has 0 spiro atoms. The van der Waals surface area contributed by atoms with Crippen LogP contribution in [0.15, 0.2) is 15.8 Å². The minimum atomic E-state index is 0.641. The smallest absolute Gasteiger partial charge is 0.0702 e. The highest BCUT2D eigenvalue weighted by atomic mass is 35.5. The van der Waals surface area contributed by atoms with Crippen molar-refractivity contribution in [1.82, 2.24) is 0 Å². The van der Waals surface area contributed by atoms with E-state index in [4.69, 9.17) is 16.8 Å². The van der Waals surface area contributed by atoms with Gasteiger partial charge >= 0.3 is 0 Å². The second-order valence-corrected chi connectivity index (χ2v) is 2.03. The molecule has 1 N–H and O–H groups in total. The van der Waals surface area contributed by atoms with Crippen molar-refractivity contribution in [3.05, 3.63) is 10.6 Å². The first-order chi connectivity index (χ1) is 3.68. The third kappa shape index (κ3) is 2.64. The standard InChI is InChI=1S/C5H8ClNO/c1-4(3-7-8)5(2)6/h3,8H,1-2H3/b5-4-,7-3+. The average molecular weight is 134 g/mol. The fraction of sp³-hybridized carbons (Fsp3) is 0.400. The number of halogens is 1. The summed E-state index contributed by atoms with van der Waals surface area (Å²) >= 11 is 5.48. The van der Waals surface area contributed by atoms with Crippen LogP contribution in [0, 0.1) is 0 Å². The van der Waals surface area contributed by atoms with Crippen LogP contribution in [0.3, 0.4) is 0 Å². The van der Waals surface area contributed by atoms with Crippen molar-refractivity contribution in [3.63, 3.8) is 0 Å². The number of allylic oxidation sites excluding steroid dienone is 2. The van der Waals surface area contributed by atoms with E-state index in [1.54, 1.807) is 13.8 Å². The van der Waals surface area contributed by atoms with E-state index >= 15 is 0 Å². The number of nitrogens with zero attached hydrogens (tertiary/aromatic N) is 1. The summed E-state index contributed by atoms with van der Waals surface area (Å²) in [5, 5.41) is 11.4. The van der Waals surface area contributed by atoms with Gasteiger partial charge in [0.05, 0.1) is 6.21 Å². The van der Waals surface area contributed by atoms with Gasteiger partial charge in [0.15, 0.2) is 0 Å². The number of hydrogen-bond acceptors (Lipinski definition) is 2. The first-order valence-electron chi connectivity index (χ1n) is 2.19. The first kappa shape index (κ1) is 7.50. The van der Waals surface area contributed by atoms with Crippen molar-refractivity contribution in [2.75, 3.05) is 0 Å². The van der Waals surface area contributed by atoms with E-state index in [0.29, 0.717) is 5.03 Å². The number of rotatable bonds is 1. The second kappa shape index (κ2) is 3.50. The molecule has 3 heteroatoms. The molecule has 0 aromatic carbocycles. The van der Waals surface area contributed by atoms with Gasteiger partial charge in [0.2, 0.25) is 0 Å². The molecule has 0 saturated carbocycles. The molecule has 0 rings (SSSR count). The molecule has 46 valence electrons. The van der Waals surface area contributed by atoms with E-state index in [1.807, 2.05) is 0 Å². The van der Waals surface area contributed by atoms with Crippen LogP contribution in [-0.4, -0.2) is 11.4 Å². The molecule has 0 aliphatic heterocycles. The lowest BCUT2D eigenvalue weighted by Crippen LogP contribution is -1.77. The largest absolute Gasteiger partial charge is 0.411 e. The van der Waals surface area contributed by atoms with E-state index in [-0.39, 0.29) is 0 Å². The summed E-state index contributed by atoms with van der Waals surface area (Å²) in [7, 11) is 0. The maximum absolute atomic E-state index is 7.96. The molecular formula is C5H8ClNO. The average Bonchev–Trinajstić information content (AvgIpc) is 1.67. The van der Waals surface area contributed by atoms with Crippen molar-refractivity contribution in [2.45, 2.75) is 13.8 Å². The summed E-state index contributed by atoms with van der Waals surface area (Å²) in [5.41, 5.74) is 0.772. The molecule has 2 nitrogen and oxygen atoms in total. The Morgan fingerprint density at radius 3 is 2.25 bits per heavy atom. The zero-order valence-corrected chi connectivity index (χ0v) is 5.61. The van der Waals surface area contributed by atoms with Gasteiger partial charge in [-0.25, -0.2) is 0 Å². The van der Waals surface area contributed by atoms with Gasteiger partial charge in [-0.15, -0.1) is 0 Å². The summed E-state index contributed by atoms with van der Waals surface area (Å²) in [6.45, 7) is 3.50. The predicted octanol–water partition coefficient (Wildman–Crippen LogP) is 1.98. The Kier molecular flexibility index (Phi) is 3.28. The predicted molar refractivity (Wildman–Crippen MR) is 34.5 cm³/mol. The highest BCUT2D eigenvalue weighted by Crippen LogP contribution is 2.03. The Hall–Kier alpha value is -0.500. The summed E-state index contributed by atoms with van der Waals surface area (Å²) in [6, 6.07) is 0. The van der Waals surface area contributed by atoms with E-state index < -0.39 is 0 Å². The van der Waals surface area contributed by atoms with Crippen molar-refractivity contribution in [2.24, 2.45) is 5.16 Å². The molecule has 0 bridgehead atoms. The molecule has 0 saturated heterocycles. The maximum atomic E-state index is 7.96. The molecule has 8 heavy (non-hydrogen) atoms. The Labute approximate surface area is 53.5 Å². The zero-order chi connectivity index (χ0) is 6.57. The first-order valence-corrected chi connectivity index (χ1v) is 2.56. The molecule has 0 heterocycles. The summed E-state index contributed by atoms with van der Waals surface area (Å²) in [6.07, 6.45) is 1.29. The van der Waals surface area contributed by atoms with Gasteiger partial charge in [0.1, 0.15) is 0 Å². The van der Waals surface area contributed by atoms with Crippen LogP contribution in [0.2, 0.25) is 0 Å². The molecule has 0 aliphatic carbocycles. The molecule has 0 aliphatic rings. The lowest BCUT2D eigenvalue weighted by Gasteiger charge is -1.87. The van der Waals surface area contributed by atoms with Gasteiger partial charge < -0.3 is 5.21 Å². The van der Waals surface area contributed by atoms with Crippen LogP contribution in [-0.2, 0) is 0 Å². The van der Waals surface area contributed by atoms with Gasteiger partial charge in [0, 0.05) is 5.03 Å². The molecule has 0 amide bonds. The Morgan fingerprint density at radius 2 is 2.12 bits per heavy atom. The molecule has 0 unspecified atom stereocenters. The zero-order valence-electron chi connectivity index (χ0n) is 4.85. The third-order valence-corrected chi connectivity index (χ3v) is 1.09. The quantitative estimate of drug-likeness (QED) is 0.331. The Balaban J connectivity index is 4.00. The van der Waals surface area contributed by atoms with Crippen LogP contribution in [0.5, 0.6) is 0 Å². The van der Waals surface area contributed by atoms with Crippen LogP contribution in [0.25, 0.3) is 0 Å². The monoisotopic (exact) mass is 133 g/mol. The third-order valence-electron chi connectivity index (χ3n) is 0.795. The maximum Gasteiger partial charge on any atom is 0.0702 e. The minimum absolute atomic E-state index is 0.641. The molecule has 0 aromatic rings. The van der Waals surface area contributed by atoms with Crippen LogP contribution < -0.4 is 0 Å². The molecule has 0 radical (unpaired) electrons. The highest BCUT2D eigenvalue weighted by molar-refractivity contribution is 6.30. The molecule has 0 fully saturated rings. The van der Waals surface area contributed by atoms with Crippen molar-refractivity contribution in [1.29, 1.82) is 0 Å². The van der Waals surface area contributed by atoms with Gasteiger partial charge in [-0.1, -0.05) is 16.8 Å². The second-order valence-electron chi connectivity index (χ2n) is 1.46. The molecular weight excluding hydrogens is 126 g/mol. The van der Waals surface area contributed by atoms with Gasteiger partial charge in [-0.05, 0) is 19.4 Å². The van der Waals surface area contributed by atoms with Crippen molar-refractivity contribution < 1.29 is 5.21 Å². The van der Waals surface area contributed by atoms with Crippen LogP contribution >= 0.6 is 11.6 Å². The number of hydrogen-bond donors (Lipinski definition) is 1. The Morgan fingerprint density at radius 1 is 1.62 bits per heavy atom. The van der Waals surface area contributed by atoms with Gasteiger partial charge in [0.25, 0.3) is 0 Å². The van der Waals surface area contributed by atoms with Crippen molar-refractivity contribution in [3.8, 4) is 0 Å².